The molecule has 160 valence electrons. The molecular weight excluding hydrogens is 400 g/mol. The van der Waals surface area contributed by atoms with Gasteiger partial charge in [0.2, 0.25) is 0 Å². The normalized spacial score (nSPS) is 10.7. The maximum atomic E-state index is 12.4. The Hall–Kier alpha value is -4.14. The predicted molar refractivity (Wildman–Crippen MR) is 115 cm³/mol. The number of aromatic hydroxyl groups is 1. The van der Waals surface area contributed by atoms with Crippen molar-refractivity contribution < 1.29 is 24.1 Å². The molecule has 3 rings (SSSR count). The third-order valence-electron chi connectivity index (χ3n) is 4.23. The van der Waals surface area contributed by atoms with Crippen LogP contribution in [0, 0.1) is 0 Å². The Bertz CT molecular complexity index is 1080. The number of benzene rings is 2. The van der Waals surface area contributed by atoms with E-state index in [0.717, 1.165) is 11.3 Å². The first-order chi connectivity index (χ1) is 15.0. The van der Waals surface area contributed by atoms with E-state index in [1.165, 1.54) is 32.7 Å². The Morgan fingerprint density at radius 2 is 1.90 bits per heavy atom. The zero-order valence-corrected chi connectivity index (χ0v) is 17.3. The largest absolute Gasteiger partial charge is 0.504 e. The van der Waals surface area contributed by atoms with Gasteiger partial charge in [-0.1, -0.05) is 0 Å². The van der Waals surface area contributed by atoms with Gasteiger partial charge >= 0.3 is 0 Å². The first kappa shape index (κ1) is 21.6. The molecule has 0 atom stereocenters. The maximum absolute atomic E-state index is 12.4. The van der Waals surface area contributed by atoms with Crippen molar-refractivity contribution in [1.29, 1.82) is 0 Å². The van der Waals surface area contributed by atoms with Crippen molar-refractivity contribution in [3.63, 3.8) is 0 Å². The molecule has 0 aliphatic carbocycles. The Morgan fingerprint density at radius 3 is 2.58 bits per heavy atom. The zero-order valence-electron chi connectivity index (χ0n) is 17.3. The molecule has 0 fully saturated rings. The molecule has 0 aliphatic rings. The Balaban J connectivity index is 1.74. The van der Waals surface area contributed by atoms with Crippen LogP contribution in [0.15, 0.2) is 53.9 Å². The average Bonchev–Trinajstić information content (AvgIpc) is 2.81. The molecule has 9 heteroatoms. The number of nitrogens with zero attached hydrogens (tertiary/aromatic N) is 3. The number of hydrogen-bond acceptors (Lipinski definition) is 8. The molecule has 2 N–H and O–H groups in total. The van der Waals surface area contributed by atoms with Crippen molar-refractivity contribution in [3.05, 3.63) is 60.0 Å². The number of ether oxygens (including phenoxy) is 3. The van der Waals surface area contributed by atoms with E-state index < -0.39 is 5.91 Å². The minimum Gasteiger partial charge on any atom is -0.504 e. The lowest BCUT2D eigenvalue weighted by molar-refractivity contribution is 0.0950. The number of phenols is 1. The molecule has 0 bridgehead atoms. The minimum absolute atomic E-state index is 0.0935. The van der Waals surface area contributed by atoms with Crippen LogP contribution in [0.3, 0.4) is 0 Å². The third-order valence-corrected chi connectivity index (χ3v) is 4.23. The fourth-order valence-electron chi connectivity index (χ4n) is 2.70. The fourth-order valence-corrected chi connectivity index (χ4v) is 2.70. The van der Waals surface area contributed by atoms with E-state index in [9.17, 15) is 9.90 Å². The van der Waals surface area contributed by atoms with Crippen molar-refractivity contribution in [2.45, 2.75) is 6.92 Å². The molecule has 31 heavy (non-hydrogen) atoms. The molecule has 0 saturated carbocycles. The number of carbonyl (C=O) groups is 1. The lowest BCUT2D eigenvalue weighted by Crippen LogP contribution is -2.19. The number of hydrogen-bond donors (Lipinski definition) is 2. The van der Waals surface area contributed by atoms with Crippen LogP contribution in [-0.2, 0) is 0 Å². The van der Waals surface area contributed by atoms with E-state index in [-0.39, 0.29) is 17.2 Å². The van der Waals surface area contributed by atoms with Crippen LogP contribution < -0.4 is 19.6 Å². The molecule has 0 aliphatic heterocycles. The van der Waals surface area contributed by atoms with Gasteiger partial charge in [0.1, 0.15) is 17.2 Å². The average molecular weight is 422 g/mol. The van der Waals surface area contributed by atoms with Crippen molar-refractivity contribution in [3.8, 4) is 34.3 Å². The Morgan fingerprint density at radius 1 is 1.13 bits per heavy atom. The van der Waals surface area contributed by atoms with E-state index in [0.29, 0.717) is 23.6 Å². The van der Waals surface area contributed by atoms with Gasteiger partial charge in [-0.05, 0) is 37.3 Å². The van der Waals surface area contributed by atoms with Gasteiger partial charge in [-0.15, -0.1) is 0 Å². The van der Waals surface area contributed by atoms with Crippen LogP contribution in [0.2, 0.25) is 0 Å². The van der Waals surface area contributed by atoms with Crippen molar-refractivity contribution in [2.75, 3.05) is 20.8 Å². The standard InChI is InChI=1S/C22H22N4O5/c1-4-31-16-7-5-14(6-8-16)18-12-23-13-19(25-18)22(28)26-24-11-15-9-17(29-2)10-20(30-3)21(15)27/h5-13,27H,4H2,1-3H3,(H,26,28)/b24-11+. The number of aromatic nitrogens is 2. The van der Waals surface area contributed by atoms with Crippen LogP contribution in [0.25, 0.3) is 11.3 Å². The van der Waals surface area contributed by atoms with Gasteiger partial charge in [-0.2, -0.15) is 5.10 Å². The molecule has 9 nitrogen and oxygen atoms in total. The van der Waals surface area contributed by atoms with Crippen LogP contribution in [0.1, 0.15) is 23.0 Å². The minimum atomic E-state index is -0.550. The lowest BCUT2D eigenvalue weighted by atomic mass is 10.1. The zero-order chi connectivity index (χ0) is 22.2. The summed E-state index contributed by atoms with van der Waals surface area (Å²) in [5.74, 6) is 0.766. The van der Waals surface area contributed by atoms with E-state index in [1.807, 2.05) is 31.2 Å². The SMILES string of the molecule is CCOc1ccc(-c2cncc(C(=O)N/N=C/c3cc(OC)cc(OC)c3O)n2)cc1. The van der Waals surface area contributed by atoms with Gasteiger partial charge in [-0.25, -0.2) is 10.4 Å². The highest BCUT2D eigenvalue weighted by Crippen LogP contribution is 2.33. The summed E-state index contributed by atoms with van der Waals surface area (Å²) < 4.78 is 15.7. The molecule has 0 radical (unpaired) electrons. The van der Waals surface area contributed by atoms with Crippen molar-refractivity contribution in [1.82, 2.24) is 15.4 Å². The monoisotopic (exact) mass is 422 g/mol. The first-order valence-electron chi connectivity index (χ1n) is 9.39. The molecule has 3 aromatic rings. The summed E-state index contributed by atoms with van der Waals surface area (Å²) in [5.41, 5.74) is 4.10. The summed E-state index contributed by atoms with van der Waals surface area (Å²) in [7, 11) is 2.91. The van der Waals surface area contributed by atoms with E-state index in [4.69, 9.17) is 14.2 Å². The number of amides is 1. The smallest absolute Gasteiger partial charge is 0.291 e. The lowest BCUT2D eigenvalue weighted by Gasteiger charge is -2.09. The molecule has 0 spiro atoms. The summed E-state index contributed by atoms with van der Waals surface area (Å²) in [6.45, 7) is 2.49. The molecule has 1 aromatic heterocycles. The van der Waals surface area contributed by atoms with Gasteiger partial charge in [-0.3, -0.25) is 9.78 Å². The van der Waals surface area contributed by atoms with Gasteiger partial charge in [0.25, 0.3) is 5.91 Å². The highest BCUT2D eigenvalue weighted by atomic mass is 16.5. The van der Waals surface area contributed by atoms with Crippen LogP contribution >= 0.6 is 0 Å². The predicted octanol–water partition coefficient (Wildman–Crippen LogP) is 3.03. The summed E-state index contributed by atoms with van der Waals surface area (Å²) in [6.07, 6.45) is 4.19. The number of nitrogens with one attached hydrogen (secondary N) is 1. The number of hydrazone groups is 1. The maximum Gasteiger partial charge on any atom is 0.291 e. The van der Waals surface area contributed by atoms with Crippen LogP contribution in [0.4, 0.5) is 0 Å². The van der Waals surface area contributed by atoms with Crippen LogP contribution in [0.5, 0.6) is 23.0 Å². The van der Waals surface area contributed by atoms with Crippen molar-refractivity contribution in [2.24, 2.45) is 5.10 Å². The van der Waals surface area contributed by atoms with E-state index >= 15 is 0 Å². The highest BCUT2D eigenvalue weighted by molar-refractivity contribution is 5.93. The topological polar surface area (TPSA) is 115 Å². The number of methoxy groups -OCH3 is 2. The molecular formula is C22H22N4O5. The second-order valence-corrected chi connectivity index (χ2v) is 6.21. The third kappa shape index (κ3) is 5.27. The number of rotatable bonds is 8. The molecule has 0 unspecified atom stereocenters. The molecule has 1 heterocycles. The Labute approximate surface area is 179 Å². The highest BCUT2D eigenvalue weighted by Gasteiger charge is 2.12. The summed E-state index contributed by atoms with van der Waals surface area (Å²) >= 11 is 0. The number of phenolic OH excluding ortho intramolecular Hbond substituents is 1. The second-order valence-electron chi connectivity index (χ2n) is 6.21. The Kier molecular flexibility index (Phi) is 7.00. The van der Waals surface area contributed by atoms with E-state index in [1.54, 1.807) is 12.3 Å². The van der Waals surface area contributed by atoms with Gasteiger partial charge in [0, 0.05) is 17.2 Å². The summed E-state index contributed by atoms with van der Waals surface area (Å²) in [5, 5.41) is 14.1. The quantitative estimate of drug-likeness (QED) is 0.423. The van der Waals surface area contributed by atoms with Gasteiger partial charge in [0.15, 0.2) is 11.5 Å². The molecule has 2 aromatic carbocycles. The first-order valence-corrected chi connectivity index (χ1v) is 9.39. The summed E-state index contributed by atoms with van der Waals surface area (Å²) in [6, 6.07) is 10.4. The van der Waals surface area contributed by atoms with E-state index in [2.05, 4.69) is 20.5 Å². The van der Waals surface area contributed by atoms with Crippen LogP contribution in [-0.4, -0.2) is 48.0 Å². The van der Waals surface area contributed by atoms with Gasteiger partial charge in [0.05, 0.1) is 45.1 Å². The second kappa shape index (κ2) is 10.1. The molecule has 0 saturated heterocycles. The van der Waals surface area contributed by atoms with Crippen molar-refractivity contribution >= 4 is 12.1 Å². The summed E-state index contributed by atoms with van der Waals surface area (Å²) in [4.78, 5) is 20.9. The number of carbonyl (C=O) groups excluding carboxylic acids is 1. The molecule has 1 amide bonds. The van der Waals surface area contributed by atoms with Gasteiger partial charge < -0.3 is 19.3 Å². The fraction of sp³-hybridized carbons (Fsp3) is 0.182.